The zero-order valence-electron chi connectivity index (χ0n) is 31.8. The summed E-state index contributed by atoms with van der Waals surface area (Å²) in [4.78, 5) is 0. The van der Waals surface area contributed by atoms with Crippen LogP contribution in [0.2, 0.25) is 0 Å². The van der Waals surface area contributed by atoms with Gasteiger partial charge in [0.05, 0.1) is 39.3 Å². The summed E-state index contributed by atoms with van der Waals surface area (Å²) in [7, 11) is 0. The molecule has 2 aliphatic heterocycles. The molecule has 0 amide bonds. The first-order valence-electron chi connectivity index (χ1n) is 18.9. The second-order valence-corrected chi connectivity index (χ2v) is 13.8. The quantitative estimate of drug-likeness (QED) is 0.332. The Labute approximate surface area is 320 Å². The van der Waals surface area contributed by atoms with E-state index >= 15 is 0 Å². The molecular formula is C44H50N10+2. The number of unbranched alkanes of at least 4 members (excludes halogenated alkanes) is 2. The fraction of sp³-hybridized carbons (Fsp3) is 0.455. The molecule has 0 unspecified atom stereocenters. The smallest absolute Gasteiger partial charge is 0.136 e. The van der Waals surface area contributed by atoms with Crippen LogP contribution in [-0.2, 0) is 0 Å². The van der Waals surface area contributed by atoms with Crippen LogP contribution in [-0.4, -0.2) is 61.3 Å². The molecule has 0 bridgehead atoms. The monoisotopic (exact) mass is 718 g/mol. The number of nitriles is 8. The topological polar surface area (TPSA) is 190 Å². The summed E-state index contributed by atoms with van der Waals surface area (Å²) in [5.74, 6) is 0. The lowest BCUT2D eigenvalue weighted by Gasteiger charge is -2.47. The van der Waals surface area contributed by atoms with Gasteiger partial charge >= 0.3 is 0 Å². The van der Waals surface area contributed by atoms with E-state index in [4.69, 9.17) is 42.1 Å². The third kappa shape index (κ3) is 13.4. The largest absolute Gasteiger partial charge is 0.319 e. The summed E-state index contributed by atoms with van der Waals surface area (Å²) in [6.45, 7) is 16.5. The van der Waals surface area contributed by atoms with Crippen molar-refractivity contribution in [1.29, 1.82) is 42.1 Å². The van der Waals surface area contributed by atoms with Gasteiger partial charge in [-0.25, -0.2) is 0 Å². The number of rotatable bonds is 9. The molecule has 2 aromatic carbocycles. The van der Waals surface area contributed by atoms with E-state index in [1.165, 1.54) is 174 Å². The van der Waals surface area contributed by atoms with Gasteiger partial charge in [-0.3, -0.25) is 0 Å². The number of quaternary nitrogens is 2. The molecule has 0 aromatic heterocycles. The first kappa shape index (κ1) is 43.9. The maximum Gasteiger partial charge on any atom is 0.136 e. The van der Waals surface area contributed by atoms with Crippen molar-refractivity contribution in [1.82, 2.24) is 0 Å². The van der Waals surface area contributed by atoms with Crippen molar-refractivity contribution in [3.8, 4) is 48.6 Å². The molecule has 54 heavy (non-hydrogen) atoms. The minimum atomic E-state index is 0.00187. The van der Waals surface area contributed by atoms with Crippen LogP contribution in [0.25, 0.3) is 22.3 Å². The van der Waals surface area contributed by atoms with Crippen molar-refractivity contribution in [2.75, 3.05) is 52.4 Å². The fourth-order valence-corrected chi connectivity index (χ4v) is 7.12. The van der Waals surface area contributed by atoms with Gasteiger partial charge in [-0.2, -0.15) is 42.1 Å². The zero-order valence-corrected chi connectivity index (χ0v) is 31.8. The molecule has 4 rings (SSSR count). The maximum absolute atomic E-state index is 8.63. The van der Waals surface area contributed by atoms with E-state index < -0.39 is 0 Å². The van der Waals surface area contributed by atoms with Gasteiger partial charge in [0.25, 0.3) is 0 Å². The van der Waals surface area contributed by atoms with E-state index in [9.17, 15) is 0 Å². The highest BCUT2D eigenvalue weighted by Crippen LogP contribution is 2.25. The summed E-state index contributed by atoms with van der Waals surface area (Å²) in [6.07, 6.45) is 14.5. The second kappa shape index (κ2) is 24.1. The Morgan fingerprint density at radius 1 is 0.389 bits per heavy atom. The van der Waals surface area contributed by atoms with Crippen LogP contribution in [0, 0.1) is 90.6 Å². The zero-order chi connectivity index (χ0) is 39.7. The van der Waals surface area contributed by atoms with Crippen molar-refractivity contribution in [3.63, 3.8) is 0 Å². The summed E-state index contributed by atoms with van der Waals surface area (Å²) >= 11 is 0. The van der Waals surface area contributed by atoms with E-state index in [0.717, 1.165) is 0 Å². The van der Waals surface area contributed by atoms with E-state index in [-0.39, 0.29) is 22.3 Å². The maximum atomic E-state index is 8.63. The van der Waals surface area contributed by atoms with Crippen LogP contribution in [0.5, 0.6) is 0 Å². The van der Waals surface area contributed by atoms with Crippen LogP contribution in [0.15, 0.2) is 48.5 Å². The number of piperidine rings is 2. The number of hydrogen-bond donors (Lipinski definition) is 0. The SMILES string of the molecule is CCCC[N+]1(CC[N+]2(CCCC)CCCCC2)CCCCC1.N#CC(C#N)=c1ccc(=C(C#N)C#N)cc1.N#CC(C#N)=c1ccc(=C(C#N)C#N)cc1. The predicted molar refractivity (Wildman–Crippen MR) is 207 cm³/mol. The van der Waals surface area contributed by atoms with Crippen LogP contribution in [0.4, 0.5) is 0 Å². The highest BCUT2D eigenvalue weighted by atomic mass is 15.4. The first-order valence-corrected chi connectivity index (χ1v) is 18.9. The Bertz CT molecular complexity index is 1770. The van der Waals surface area contributed by atoms with E-state index in [1.54, 1.807) is 48.6 Å². The molecule has 0 radical (unpaired) electrons. The van der Waals surface area contributed by atoms with Crippen molar-refractivity contribution in [2.45, 2.75) is 78.1 Å². The lowest BCUT2D eigenvalue weighted by atomic mass is 10.0. The molecule has 0 saturated carbocycles. The average molecular weight is 719 g/mol. The molecule has 274 valence electrons. The minimum absolute atomic E-state index is 0.00187. The molecule has 2 saturated heterocycles. The molecule has 10 heteroatoms. The first-order chi connectivity index (χ1) is 26.3. The van der Waals surface area contributed by atoms with Gasteiger partial charge in [0.1, 0.15) is 83.9 Å². The number of benzene rings is 2. The number of hydrogen-bond acceptors (Lipinski definition) is 8. The summed E-state index contributed by atoms with van der Waals surface area (Å²) < 4.78 is 2.94. The van der Waals surface area contributed by atoms with Crippen molar-refractivity contribution in [3.05, 3.63) is 69.4 Å². The molecular weight excluding hydrogens is 669 g/mol. The Hall–Kier alpha value is -6.24. The Kier molecular flexibility index (Phi) is 19.6. The van der Waals surface area contributed by atoms with Crippen LogP contribution < -0.4 is 20.9 Å². The highest BCUT2D eigenvalue weighted by Gasteiger charge is 2.36. The van der Waals surface area contributed by atoms with E-state index in [1.807, 2.05) is 0 Å². The van der Waals surface area contributed by atoms with Gasteiger partial charge in [-0.15, -0.1) is 0 Å². The molecule has 0 atom stereocenters. The third-order valence-corrected chi connectivity index (χ3v) is 10.4. The normalized spacial score (nSPS) is 14.5. The van der Waals surface area contributed by atoms with Crippen molar-refractivity contribution in [2.24, 2.45) is 0 Å². The Morgan fingerprint density at radius 2 is 0.611 bits per heavy atom. The lowest BCUT2D eigenvalue weighted by Crippen LogP contribution is -2.61. The average Bonchev–Trinajstić information content (AvgIpc) is 3.23. The van der Waals surface area contributed by atoms with Gasteiger partial charge in [-0.1, -0.05) is 75.2 Å². The highest BCUT2D eigenvalue weighted by molar-refractivity contribution is 5.75. The summed E-state index contributed by atoms with van der Waals surface area (Å²) in [5.41, 5.74) is 0.00746. The van der Waals surface area contributed by atoms with Crippen LogP contribution in [0.3, 0.4) is 0 Å². The standard InChI is InChI=1S/C20H42N2.2C12H4N4/c1-3-5-13-21(15-9-7-10-16-21)19-20-22(14-6-4-2)17-11-8-12-18-22;2*13-5-11(6-14)9-1-2-10(4-3-9)12(7-15)8-16/h3-20H2,1-2H3;2*1-4H/q+2;;. The van der Waals surface area contributed by atoms with Gasteiger partial charge in [0.15, 0.2) is 0 Å². The molecule has 2 fully saturated rings. The van der Waals surface area contributed by atoms with Gasteiger partial charge in [-0.05, 0) is 51.4 Å². The number of nitrogens with zero attached hydrogens (tertiary/aromatic N) is 10. The fourth-order valence-electron chi connectivity index (χ4n) is 7.12. The number of likely N-dealkylation sites (tertiary alicyclic amines) is 2. The lowest BCUT2D eigenvalue weighted by molar-refractivity contribution is -0.985. The third-order valence-electron chi connectivity index (χ3n) is 10.4. The molecule has 2 aliphatic rings. The molecule has 10 nitrogen and oxygen atoms in total. The molecule has 0 aliphatic carbocycles. The van der Waals surface area contributed by atoms with Gasteiger partial charge in [0.2, 0.25) is 0 Å². The van der Waals surface area contributed by atoms with Crippen LogP contribution >= 0.6 is 0 Å². The van der Waals surface area contributed by atoms with Gasteiger partial charge < -0.3 is 8.97 Å². The van der Waals surface area contributed by atoms with Crippen molar-refractivity contribution < 1.29 is 8.97 Å². The molecule has 0 N–H and O–H groups in total. The second-order valence-electron chi connectivity index (χ2n) is 13.8. The molecule has 2 heterocycles. The Balaban J connectivity index is 0.000000286. The summed E-state index contributed by atoms with van der Waals surface area (Å²) in [5, 5.41) is 71.0. The van der Waals surface area contributed by atoms with E-state index in [0.29, 0.717) is 20.9 Å². The molecule has 0 spiro atoms. The van der Waals surface area contributed by atoms with Gasteiger partial charge in [0, 0.05) is 20.9 Å². The van der Waals surface area contributed by atoms with Crippen molar-refractivity contribution >= 4 is 22.3 Å². The predicted octanol–water partition coefficient (Wildman–Crippen LogP) is 4.75. The Morgan fingerprint density at radius 3 is 0.796 bits per heavy atom. The van der Waals surface area contributed by atoms with E-state index in [2.05, 4.69) is 13.8 Å². The molecule has 2 aromatic rings. The van der Waals surface area contributed by atoms with Crippen LogP contribution in [0.1, 0.15) is 78.1 Å². The minimum Gasteiger partial charge on any atom is -0.319 e. The summed E-state index contributed by atoms with van der Waals surface area (Å²) in [6, 6.07) is 26.4.